The molecule has 0 spiro atoms. The first-order valence-corrected chi connectivity index (χ1v) is 4.01. The molecule has 0 aromatic heterocycles. The molecule has 0 amide bonds. The molecule has 7 nitrogen and oxygen atoms in total. The van der Waals surface area contributed by atoms with Crippen molar-refractivity contribution in [2.75, 3.05) is 0 Å². The van der Waals surface area contributed by atoms with E-state index in [0.717, 1.165) is 0 Å². The topological polar surface area (TPSA) is 95.5 Å². The summed E-state index contributed by atoms with van der Waals surface area (Å²) in [4.78, 5) is 20.6. The van der Waals surface area contributed by atoms with Crippen molar-refractivity contribution in [3.05, 3.63) is 20.2 Å². The molecule has 78 valence electrons. The highest BCUT2D eigenvalue weighted by Gasteiger charge is 2.05. The van der Waals surface area contributed by atoms with Gasteiger partial charge in [-0.3, -0.25) is 0 Å². The van der Waals surface area contributed by atoms with Gasteiger partial charge in [0, 0.05) is 4.94 Å². The smallest absolute Gasteiger partial charge is 0.105 e. The van der Waals surface area contributed by atoms with Crippen LogP contribution in [0.3, 0.4) is 0 Å². The molecule has 13 heavy (non-hydrogen) atoms. The molecule has 0 bridgehead atoms. The van der Waals surface area contributed by atoms with Crippen LogP contribution in [0, 0.1) is 20.2 Å². The molecule has 7 heteroatoms. The Hall–Kier alpha value is -1.40. The molecule has 0 saturated carbocycles. The summed E-state index contributed by atoms with van der Waals surface area (Å²) in [5.74, 6) is 0. The lowest BCUT2D eigenvalue weighted by atomic mass is 10.2. The summed E-state index contributed by atoms with van der Waals surface area (Å²) in [5.41, 5.74) is 0. The van der Waals surface area contributed by atoms with Crippen molar-refractivity contribution in [3.63, 3.8) is 0 Å². The van der Waals surface area contributed by atoms with E-state index in [1.54, 1.807) is 0 Å². The fourth-order valence-electron chi connectivity index (χ4n) is 0.554. The van der Waals surface area contributed by atoms with Crippen LogP contribution in [0.4, 0.5) is 0 Å². The van der Waals surface area contributed by atoms with E-state index in [4.69, 9.17) is 20.2 Å². The quantitative estimate of drug-likeness (QED) is 0.378. The number of hydrogen-bond acceptors (Lipinski definition) is 5. The first kappa shape index (κ1) is 14.1. The number of nitrogens with zero attached hydrogens (tertiary/aromatic N) is 2. The van der Waals surface area contributed by atoms with Gasteiger partial charge >= 0.3 is 10.2 Å². The minimum Gasteiger partial charge on any atom is -0.105 e. The second kappa shape index (κ2) is 10.6. The molecule has 0 N–H and O–H groups in total. The summed E-state index contributed by atoms with van der Waals surface area (Å²) in [7, 11) is 0. The first-order chi connectivity index (χ1) is 6.04. The lowest BCUT2D eigenvalue weighted by Crippen LogP contribution is -2.06. The highest BCUT2D eigenvalue weighted by Crippen LogP contribution is 1.95. The van der Waals surface area contributed by atoms with Crippen LogP contribution in [0.5, 0.6) is 0 Å². The van der Waals surface area contributed by atoms with Crippen molar-refractivity contribution < 1.29 is 15.1 Å². The van der Waals surface area contributed by atoms with Crippen molar-refractivity contribution in [2.45, 2.75) is 39.5 Å². The molecule has 0 aliphatic rings. The molecule has 0 heterocycles. The van der Waals surface area contributed by atoms with Crippen LogP contribution in [0.1, 0.15) is 39.5 Å². The molecular formula is C6H14N2O5. The van der Waals surface area contributed by atoms with E-state index in [1.807, 2.05) is 0 Å². The zero-order valence-corrected chi connectivity index (χ0v) is 7.76. The zero-order chi connectivity index (χ0) is 10.7. The van der Waals surface area contributed by atoms with Crippen molar-refractivity contribution in [1.29, 1.82) is 0 Å². The van der Waals surface area contributed by atoms with E-state index in [9.17, 15) is 0 Å². The second-order valence-corrected chi connectivity index (χ2v) is 2.24. The molecule has 0 saturated heterocycles. The highest BCUT2D eigenvalue weighted by atomic mass is 17.1. The molecule has 0 aliphatic carbocycles. The zero-order valence-electron chi connectivity index (χ0n) is 7.76. The van der Waals surface area contributed by atoms with Gasteiger partial charge in [-0.25, -0.2) is 0 Å². The summed E-state index contributed by atoms with van der Waals surface area (Å²) in [6.45, 7) is 4.46. The third kappa shape index (κ3) is 25.0. The molecule has 0 aliphatic heterocycles. The molecule has 0 unspecified atom stereocenters. The maximum absolute atomic E-state index is 8.95. The van der Waals surface area contributed by atoms with E-state index >= 15 is 0 Å². The van der Waals surface area contributed by atoms with Crippen LogP contribution in [-0.4, -0.2) is 10.2 Å². The summed E-state index contributed by atoms with van der Waals surface area (Å²) < 4.78 is 0. The van der Waals surface area contributed by atoms with Crippen LogP contribution in [-0.2, 0) is 4.94 Å². The van der Waals surface area contributed by atoms with Crippen molar-refractivity contribution in [1.82, 2.24) is 0 Å². The van der Waals surface area contributed by atoms with Crippen LogP contribution < -0.4 is 0 Å². The Kier molecular flexibility index (Phi) is 11.5. The van der Waals surface area contributed by atoms with Gasteiger partial charge in [0.05, 0.1) is 0 Å². The number of hydrogen-bond donors (Lipinski definition) is 0. The Morgan fingerprint density at radius 3 is 1.38 bits per heavy atom. The number of unbranched alkanes of at least 4 members (excludes halogenated alkanes) is 3. The standard InChI is InChI=1S/C6H14.N2O5/c1-3-5-6-4-2;3-1(4)7-2(5)6/h3-6H2,1-2H3;. The van der Waals surface area contributed by atoms with E-state index in [0.29, 0.717) is 0 Å². The second-order valence-electron chi connectivity index (χ2n) is 2.24. The third-order valence-corrected chi connectivity index (χ3v) is 1.09. The van der Waals surface area contributed by atoms with E-state index in [2.05, 4.69) is 18.8 Å². The van der Waals surface area contributed by atoms with E-state index < -0.39 is 10.2 Å². The summed E-state index contributed by atoms with van der Waals surface area (Å²) >= 11 is 0. The van der Waals surface area contributed by atoms with Crippen LogP contribution in [0.2, 0.25) is 0 Å². The minimum absolute atomic E-state index is 1.36. The van der Waals surface area contributed by atoms with Crippen LogP contribution in [0.15, 0.2) is 0 Å². The van der Waals surface area contributed by atoms with Gasteiger partial charge in [0.1, 0.15) is 0 Å². The molecule has 0 atom stereocenters. The predicted octanol–water partition coefficient (Wildman–Crippen LogP) is 1.97. The lowest BCUT2D eigenvalue weighted by molar-refractivity contribution is -1.03. The maximum Gasteiger partial charge on any atom is 0.356 e. The Morgan fingerprint density at radius 2 is 1.31 bits per heavy atom. The molecule has 0 radical (unpaired) electrons. The van der Waals surface area contributed by atoms with Gasteiger partial charge in [-0.05, 0) is 0 Å². The van der Waals surface area contributed by atoms with Crippen molar-refractivity contribution >= 4 is 0 Å². The number of rotatable bonds is 5. The van der Waals surface area contributed by atoms with Gasteiger partial charge in [0.15, 0.2) is 0 Å². The van der Waals surface area contributed by atoms with Crippen molar-refractivity contribution in [2.24, 2.45) is 0 Å². The van der Waals surface area contributed by atoms with Gasteiger partial charge in [0.25, 0.3) is 0 Å². The third-order valence-electron chi connectivity index (χ3n) is 1.09. The Morgan fingerprint density at radius 1 is 1.00 bits per heavy atom. The highest BCUT2D eigenvalue weighted by molar-refractivity contribution is 4.31. The SMILES string of the molecule is CCCCCC.O=[N+]([O-])O[N+](=O)[O-]. The van der Waals surface area contributed by atoms with Gasteiger partial charge < -0.3 is 0 Å². The molecular weight excluding hydrogens is 180 g/mol. The normalized spacial score (nSPS) is 8.15. The molecule has 0 aromatic rings. The lowest BCUT2D eigenvalue weighted by Gasteiger charge is -1.86. The molecule has 0 aromatic carbocycles. The van der Waals surface area contributed by atoms with Gasteiger partial charge in [-0.15, -0.1) is 20.2 Å². The molecule has 0 rings (SSSR count). The maximum atomic E-state index is 8.95. The van der Waals surface area contributed by atoms with Crippen LogP contribution >= 0.6 is 0 Å². The average molecular weight is 194 g/mol. The minimum atomic E-state index is -1.50. The van der Waals surface area contributed by atoms with Crippen molar-refractivity contribution in [3.8, 4) is 0 Å². The van der Waals surface area contributed by atoms with Gasteiger partial charge in [-0.2, -0.15) is 0 Å². The van der Waals surface area contributed by atoms with Gasteiger partial charge in [-0.1, -0.05) is 39.5 Å². The summed E-state index contributed by atoms with van der Waals surface area (Å²) in [5, 5.41) is 14.9. The molecule has 0 fully saturated rings. The average Bonchev–Trinajstić information content (AvgIpc) is 1.99. The van der Waals surface area contributed by atoms with E-state index in [1.165, 1.54) is 25.7 Å². The Bertz CT molecular complexity index is 134. The fraction of sp³-hybridized carbons (Fsp3) is 1.00. The summed E-state index contributed by atoms with van der Waals surface area (Å²) in [6.07, 6.45) is 5.54. The fourth-order valence-corrected chi connectivity index (χ4v) is 0.554. The van der Waals surface area contributed by atoms with E-state index in [-0.39, 0.29) is 0 Å². The van der Waals surface area contributed by atoms with Crippen LogP contribution in [0.25, 0.3) is 0 Å². The monoisotopic (exact) mass is 194 g/mol. The Labute approximate surface area is 75.9 Å². The predicted molar refractivity (Wildman–Crippen MR) is 44.9 cm³/mol. The summed E-state index contributed by atoms with van der Waals surface area (Å²) in [6, 6.07) is 0. The first-order valence-electron chi connectivity index (χ1n) is 4.01. The Balaban J connectivity index is 0. The largest absolute Gasteiger partial charge is 0.356 e. The van der Waals surface area contributed by atoms with Gasteiger partial charge in [0.2, 0.25) is 0 Å².